The first-order chi connectivity index (χ1) is 9.49. The third kappa shape index (κ3) is 4.08. The van der Waals surface area contributed by atoms with Gasteiger partial charge in [0.05, 0.1) is 11.1 Å². The molecule has 0 saturated carbocycles. The fourth-order valence-corrected chi connectivity index (χ4v) is 2.43. The Hall–Kier alpha value is -1.84. The van der Waals surface area contributed by atoms with Gasteiger partial charge in [0.15, 0.2) is 0 Å². The maximum atomic E-state index is 11.4. The normalized spacial score (nSPS) is 10.5. The zero-order chi connectivity index (χ0) is 15.1. The number of benzene rings is 1. The predicted octanol–water partition coefficient (Wildman–Crippen LogP) is 3.90. The summed E-state index contributed by atoms with van der Waals surface area (Å²) in [7, 11) is 0. The number of hydrogen-bond donors (Lipinski definition) is 2. The quantitative estimate of drug-likeness (QED) is 0.707. The molecule has 0 aliphatic heterocycles. The molecule has 0 heterocycles. The second kappa shape index (κ2) is 7.68. The lowest BCUT2D eigenvalue weighted by Gasteiger charge is -2.12. The molecule has 0 aliphatic carbocycles. The van der Waals surface area contributed by atoms with Gasteiger partial charge in [-0.25, -0.2) is 9.59 Å². The van der Waals surface area contributed by atoms with Crippen LogP contribution in [-0.4, -0.2) is 22.2 Å². The summed E-state index contributed by atoms with van der Waals surface area (Å²) in [5.41, 5.74) is 1.34. The molecule has 1 rings (SSSR count). The summed E-state index contributed by atoms with van der Waals surface area (Å²) in [5.74, 6) is -2.11. The van der Waals surface area contributed by atoms with Crippen molar-refractivity contribution < 1.29 is 19.8 Å². The number of carbonyl (C=O) groups is 2. The summed E-state index contributed by atoms with van der Waals surface area (Å²) in [6.07, 6.45) is 5.74. The van der Waals surface area contributed by atoms with Crippen LogP contribution in [0.3, 0.4) is 0 Å². The van der Waals surface area contributed by atoms with Crippen LogP contribution in [-0.2, 0) is 6.42 Å². The van der Waals surface area contributed by atoms with Crippen LogP contribution in [0.4, 0.5) is 0 Å². The topological polar surface area (TPSA) is 74.6 Å². The van der Waals surface area contributed by atoms with Crippen LogP contribution in [0, 0.1) is 6.92 Å². The first-order valence-corrected chi connectivity index (χ1v) is 7.08. The van der Waals surface area contributed by atoms with Crippen molar-refractivity contribution in [1.29, 1.82) is 0 Å². The minimum Gasteiger partial charge on any atom is -0.478 e. The second-order valence-corrected chi connectivity index (χ2v) is 5.06. The highest BCUT2D eigenvalue weighted by atomic mass is 16.4. The van der Waals surface area contributed by atoms with Gasteiger partial charge in [0, 0.05) is 0 Å². The zero-order valence-electron chi connectivity index (χ0n) is 12.1. The number of unbranched alkanes of at least 4 members (excludes halogenated alkanes) is 4. The van der Waals surface area contributed by atoms with E-state index >= 15 is 0 Å². The van der Waals surface area contributed by atoms with Crippen LogP contribution >= 0.6 is 0 Å². The van der Waals surface area contributed by atoms with E-state index in [1.807, 2.05) is 0 Å². The van der Waals surface area contributed by atoms with Crippen LogP contribution in [0.15, 0.2) is 12.1 Å². The maximum absolute atomic E-state index is 11.4. The van der Waals surface area contributed by atoms with E-state index < -0.39 is 11.9 Å². The molecule has 0 aromatic heterocycles. The molecule has 4 nitrogen and oxygen atoms in total. The number of hydrogen-bond acceptors (Lipinski definition) is 2. The van der Waals surface area contributed by atoms with Crippen molar-refractivity contribution >= 4 is 11.9 Å². The van der Waals surface area contributed by atoms with Crippen molar-refractivity contribution in [2.45, 2.75) is 52.4 Å². The number of carboxylic acid groups (broad SMARTS) is 2. The summed E-state index contributed by atoms with van der Waals surface area (Å²) < 4.78 is 0. The fourth-order valence-electron chi connectivity index (χ4n) is 2.43. The third-order valence-electron chi connectivity index (χ3n) is 3.50. The van der Waals surface area contributed by atoms with Gasteiger partial charge in [-0.05, 0) is 37.0 Å². The number of aryl methyl sites for hydroxylation is 1. The highest BCUT2D eigenvalue weighted by Gasteiger charge is 2.20. The Balaban J connectivity index is 2.97. The molecule has 0 amide bonds. The van der Waals surface area contributed by atoms with Gasteiger partial charge in [-0.15, -0.1) is 0 Å². The molecule has 20 heavy (non-hydrogen) atoms. The van der Waals surface area contributed by atoms with Crippen molar-refractivity contribution in [3.05, 3.63) is 34.4 Å². The first-order valence-electron chi connectivity index (χ1n) is 7.08. The summed E-state index contributed by atoms with van der Waals surface area (Å²) in [4.78, 5) is 22.6. The van der Waals surface area contributed by atoms with E-state index in [1.165, 1.54) is 6.07 Å². The Morgan fingerprint density at radius 2 is 1.65 bits per heavy atom. The van der Waals surface area contributed by atoms with E-state index in [1.54, 1.807) is 13.0 Å². The molecule has 0 bridgehead atoms. The van der Waals surface area contributed by atoms with Gasteiger partial charge < -0.3 is 10.2 Å². The Morgan fingerprint density at radius 3 is 2.20 bits per heavy atom. The average Bonchev–Trinajstić information content (AvgIpc) is 2.37. The van der Waals surface area contributed by atoms with Crippen molar-refractivity contribution in [3.63, 3.8) is 0 Å². The molecule has 0 radical (unpaired) electrons. The van der Waals surface area contributed by atoms with Crippen LogP contribution in [0.5, 0.6) is 0 Å². The highest BCUT2D eigenvalue weighted by molar-refractivity contribution is 5.97. The van der Waals surface area contributed by atoms with E-state index in [2.05, 4.69) is 6.92 Å². The molecule has 0 aliphatic rings. The van der Waals surface area contributed by atoms with Crippen LogP contribution in [0.25, 0.3) is 0 Å². The van der Waals surface area contributed by atoms with Crippen LogP contribution < -0.4 is 0 Å². The molecular weight excluding hydrogens is 256 g/mol. The monoisotopic (exact) mass is 278 g/mol. The smallest absolute Gasteiger partial charge is 0.336 e. The van der Waals surface area contributed by atoms with Crippen LogP contribution in [0.1, 0.15) is 70.9 Å². The summed E-state index contributed by atoms with van der Waals surface area (Å²) >= 11 is 0. The Kier molecular flexibility index (Phi) is 6.22. The third-order valence-corrected chi connectivity index (χ3v) is 3.50. The number of rotatable bonds is 8. The Labute approximate surface area is 119 Å². The molecule has 1 aromatic carbocycles. The van der Waals surface area contributed by atoms with Gasteiger partial charge in [-0.3, -0.25) is 0 Å². The van der Waals surface area contributed by atoms with Gasteiger partial charge in [0.25, 0.3) is 0 Å². The molecule has 0 atom stereocenters. The van der Waals surface area contributed by atoms with E-state index in [9.17, 15) is 19.8 Å². The highest BCUT2D eigenvalue weighted by Crippen LogP contribution is 2.22. The largest absolute Gasteiger partial charge is 0.478 e. The molecule has 0 fully saturated rings. The van der Waals surface area contributed by atoms with E-state index in [0.29, 0.717) is 17.5 Å². The average molecular weight is 278 g/mol. The number of aromatic carboxylic acids is 2. The second-order valence-electron chi connectivity index (χ2n) is 5.06. The lowest BCUT2D eigenvalue weighted by atomic mass is 9.92. The first kappa shape index (κ1) is 16.2. The Morgan fingerprint density at radius 1 is 1.00 bits per heavy atom. The molecule has 110 valence electrons. The fraction of sp³-hybridized carbons (Fsp3) is 0.500. The lowest BCUT2D eigenvalue weighted by Crippen LogP contribution is -2.12. The van der Waals surface area contributed by atoms with Crippen molar-refractivity contribution in [1.82, 2.24) is 0 Å². The summed E-state index contributed by atoms with van der Waals surface area (Å²) in [6.45, 7) is 3.83. The minimum absolute atomic E-state index is 0.114. The van der Waals surface area contributed by atoms with Crippen molar-refractivity contribution in [2.24, 2.45) is 0 Å². The van der Waals surface area contributed by atoms with Gasteiger partial charge in [-0.1, -0.05) is 38.7 Å². The minimum atomic E-state index is -1.06. The zero-order valence-corrected chi connectivity index (χ0v) is 12.1. The maximum Gasteiger partial charge on any atom is 0.336 e. The predicted molar refractivity (Wildman–Crippen MR) is 77.6 cm³/mol. The van der Waals surface area contributed by atoms with Gasteiger partial charge >= 0.3 is 11.9 Å². The summed E-state index contributed by atoms with van der Waals surface area (Å²) in [6, 6.07) is 3.07. The summed E-state index contributed by atoms with van der Waals surface area (Å²) in [5, 5.41) is 18.5. The molecular formula is C16H22O4. The lowest BCUT2D eigenvalue weighted by molar-refractivity contribution is 0.0694. The molecule has 0 spiro atoms. The number of carboxylic acids is 2. The van der Waals surface area contributed by atoms with E-state index in [4.69, 9.17) is 0 Å². The van der Waals surface area contributed by atoms with Crippen LogP contribution in [0.2, 0.25) is 0 Å². The van der Waals surface area contributed by atoms with E-state index in [0.717, 1.165) is 32.1 Å². The molecule has 0 saturated heterocycles. The molecule has 1 aromatic rings. The SMILES string of the molecule is CCCCCCCc1c(C(=O)O)ccc(C)c1C(=O)O. The van der Waals surface area contributed by atoms with Gasteiger partial charge in [0.2, 0.25) is 0 Å². The van der Waals surface area contributed by atoms with Crippen molar-refractivity contribution in [3.8, 4) is 0 Å². The van der Waals surface area contributed by atoms with Gasteiger partial charge in [0.1, 0.15) is 0 Å². The van der Waals surface area contributed by atoms with Gasteiger partial charge in [-0.2, -0.15) is 0 Å². The van der Waals surface area contributed by atoms with Crippen molar-refractivity contribution in [2.75, 3.05) is 0 Å². The Bertz CT molecular complexity index is 491. The standard InChI is InChI=1S/C16H22O4/c1-3-4-5-6-7-8-12-13(15(17)18)10-9-11(2)14(12)16(19)20/h9-10H,3-8H2,1-2H3,(H,17,18)(H,19,20). The molecule has 4 heteroatoms. The molecule has 2 N–H and O–H groups in total. The van der Waals surface area contributed by atoms with E-state index in [-0.39, 0.29) is 11.1 Å². The molecule has 0 unspecified atom stereocenters.